The summed E-state index contributed by atoms with van der Waals surface area (Å²) in [6.07, 6.45) is -7.39. The maximum atomic E-state index is 14.7. The molecular formula is C24H21F7O5. The van der Waals surface area contributed by atoms with Crippen LogP contribution in [0.1, 0.15) is 30.9 Å². The Morgan fingerprint density at radius 1 is 0.917 bits per heavy atom. The monoisotopic (exact) mass is 522 g/mol. The number of hydrogen-bond acceptors (Lipinski definition) is 5. The van der Waals surface area contributed by atoms with Crippen molar-refractivity contribution in [2.45, 2.75) is 38.0 Å². The lowest BCUT2D eigenvalue weighted by Gasteiger charge is -2.52. The van der Waals surface area contributed by atoms with Gasteiger partial charge in [-0.2, -0.15) is 22.0 Å². The van der Waals surface area contributed by atoms with Crippen LogP contribution in [0.2, 0.25) is 0 Å². The number of halogens is 7. The van der Waals surface area contributed by atoms with Crippen molar-refractivity contribution in [3.8, 4) is 11.5 Å². The molecule has 0 radical (unpaired) electrons. The molecule has 0 saturated carbocycles. The first kappa shape index (κ1) is 26.2. The van der Waals surface area contributed by atoms with Gasteiger partial charge in [0, 0.05) is 23.1 Å². The lowest BCUT2D eigenvalue weighted by Crippen LogP contribution is -2.58. The highest BCUT2D eigenvalue weighted by Crippen LogP contribution is 2.46. The third-order valence-corrected chi connectivity index (χ3v) is 5.72. The molecule has 0 amide bonds. The molecule has 0 spiro atoms. The fourth-order valence-corrected chi connectivity index (χ4v) is 3.95. The standard InChI is InChI=1S/C24H21F7O5/c1-2-7-21-12-33-24(34-13-21,35-14-21)16-5-3-15(4-6-16)23(30,31)36-17-10-18(25)20(19(26)11-17)32-9-8-22(27,28)29/h3-6,8-11H,2,7,12-14H2,1H3/b9-8+. The molecule has 3 aliphatic heterocycles. The average Bonchev–Trinajstić information content (AvgIpc) is 2.81. The van der Waals surface area contributed by atoms with Crippen LogP contribution in [0.15, 0.2) is 48.7 Å². The molecule has 0 aliphatic carbocycles. The van der Waals surface area contributed by atoms with Gasteiger partial charge in [-0.05, 0) is 18.6 Å². The van der Waals surface area contributed by atoms with Crippen molar-refractivity contribution < 1.29 is 54.4 Å². The van der Waals surface area contributed by atoms with E-state index in [1.54, 1.807) is 0 Å². The molecule has 0 unspecified atom stereocenters. The highest BCUT2D eigenvalue weighted by molar-refractivity contribution is 5.36. The summed E-state index contributed by atoms with van der Waals surface area (Å²) in [5.74, 6) is -6.71. The Morgan fingerprint density at radius 3 is 1.97 bits per heavy atom. The Labute approximate surface area is 201 Å². The van der Waals surface area contributed by atoms with Crippen molar-refractivity contribution in [1.82, 2.24) is 0 Å². The number of allylic oxidation sites excluding steroid dienone is 1. The van der Waals surface area contributed by atoms with E-state index in [2.05, 4.69) is 9.47 Å². The summed E-state index contributed by atoms with van der Waals surface area (Å²) in [6.45, 7) is 3.22. The second-order valence-electron chi connectivity index (χ2n) is 8.55. The fourth-order valence-electron chi connectivity index (χ4n) is 3.95. The van der Waals surface area contributed by atoms with Crippen molar-refractivity contribution in [3.05, 3.63) is 71.5 Å². The molecule has 5 nitrogen and oxygen atoms in total. The second-order valence-corrected chi connectivity index (χ2v) is 8.55. The maximum Gasteiger partial charge on any atom is 0.426 e. The smallest absolute Gasteiger partial charge is 0.426 e. The van der Waals surface area contributed by atoms with Crippen LogP contribution in [0.3, 0.4) is 0 Å². The summed E-state index contributed by atoms with van der Waals surface area (Å²) in [5.41, 5.74) is -0.543. The van der Waals surface area contributed by atoms with Gasteiger partial charge >= 0.3 is 18.3 Å². The van der Waals surface area contributed by atoms with Gasteiger partial charge in [-0.1, -0.05) is 25.5 Å². The molecule has 2 aromatic carbocycles. The van der Waals surface area contributed by atoms with Crippen LogP contribution in [0, 0.1) is 17.0 Å². The first-order valence-electron chi connectivity index (χ1n) is 10.9. The van der Waals surface area contributed by atoms with Crippen LogP contribution in [-0.4, -0.2) is 26.0 Å². The van der Waals surface area contributed by atoms with Gasteiger partial charge in [-0.25, -0.2) is 8.78 Å². The third kappa shape index (κ3) is 5.45. The Balaban J connectivity index is 1.46. The van der Waals surface area contributed by atoms with E-state index in [1.807, 2.05) is 6.92 Å². The third-order valence-electron chi connectivity index (χ3n) is 5.72. The zero-order valence-electron chi connectivity index (χ0n) is 18.8. The van der Waals surface area contributed by atoms with Gasteiger partial charge in [-0.3, -0.25) is 0 Å². The van der Waals surface area contributed by atoms with Gasteiger partial charge in [0.15, 0.2) is 17.4 Å². The largest absolute Gasteiger partial charge is 0.459 e. The Morgan fingerprint density at radius 2 is 1.47 bits per heavy atom. The Hall–Kier alpha value is -2.83. The molecule has 5 rings (SSSR count). The predicted molar refractivity (Wildman–Crippen MR) is 110 cm³/mol. The molecule has 2 bridgehead atoms. The minimum atomic E-state index is -4.77. The van der Waals surface area contributed by atoms with Crippen molar-refractivity contribution in [3.63, 3.8) is 0 Å². The van der Waals surface area contributed by atoms with Crippen LogP contribution < -0.4 is 9.47 Å². The van der Waals surface area contributed by atoms with E-state index in [-0.39, 0.29) is 11.7 Å². The van der Waals surface area contributed by atoms with E-state index in [4.69, 9.17) is 14.2 Å². The molecule has 196 valence electrons. The van der Waals surface area contributed by atoms with Gasteiger partial charge in [0.1, 0.15) is 5.75 Å². The molecule has 3 heterocycles. The Kier molecular flexibility index (Phi) is 6.97. The number of rotatable bonds is 8. The maximum absolute atomic E-state index is 14.7. The van der Waals surface area contributed by atoms with Crippen LogP contribution in [0.25, 0.3) is 0 Å². The van der Waals surface area contributed by atoms with Crippen molar-refractivity contribution >= 4 is 0 Å². The van der Waals surface area contributed by atoms with Crippen molar-refractivity contribution in [2.75, 3.05) is 19.8 Å². The summed E-state index contributed by atoms with van der Waals surface area (Å²) in [5, 5.41) is 0. The van der Waals surface area contributed by atoms with E-state index in [9.17, 15) is 30.7 Å². The van der Waals surface area contributed by atoms with Crippen LogP contribution >= 0.6 is 0 Å². The second kappa shape index (κ2) is 9.56. The van der Waals surface area contributed by atoms with Gasteiger partial charge in [0.05, 0.1) is 37.7 Å². The molecule has 0 aromatic heterocycles. The number of benzene rings is 2. The summed E-state index contributed by atoms with van der Waals surface area (Å²) in [7, 11) is 0. The molecule has 3 saturated heterocycles. The van der Waals surface area contributed by atoms with E-state index in [0.29, 0.717) is 37.5 Å². The lowest BCUT2D eigenvalue weighted by atomic mass is 9.83. The van der Waals surface area contributed by atoms with Gasteiger partial charge in [-0.15, -0.1) is 0 Å². The van der Waals surface area contributed by atoms with Crippen LogP contribution in [0.4, 0.5) is 30.7 Å². The number of alkyl halides is 5. The average molecular weight is 522 g/mol. The summed E-state index contributed by atoms with van der Waals surface area (Å²) >= 11 is 0. The number of ether oxygens (including phenoxy) is 5. The summed E-state index contributed by atoms with van der Waals surface area (Å²) < 4.78 is 120. The first-order valence-corrected chi connectivity index (χ1v) is 10.9. The predicted octanol–water partition coefficient (Wildman–Crippen LogP) is 6.52. The van der Waals surface area contributed by atoms with E-state index < -0.39 is 53.0 Å². The minimum absolute atomic E-state index is 0.0250. The molecule has 3 fully saturated rings. The number of hydrogen-bond donors (Lipinski definition) is 0. The Bertz CT molecular complexity index is 1070. The van der Waals surface area contributed by atoms with E-state index in [0.717, 1.165) is 25.0 Å². The van der Waals surface area contributed by atoms with Crippen LogP contribution in [-0.2, 0) is 26.3 Å². The molecule has 3 aliphatic rings. The summed E-state index contributed by atoms with van der Waals surface area (Å²) in [4.78, 5) is 0. The van der Waals surface area contributed by atoms with Crippen molar-refractivity contribution in [2.24, 2.45) is 5.41 Å². The normalized spacial score (nSPS) is 24.3. The molecular weight excluding hydrogens is 501 g/mol. The van der Waals surface area contributed by atoms with E-state index >= 15 is 0 Å². The molecule has 2 aromatic rings. The minimum Gasteiger partial charge on any atom is -0.459 e. The van der Waals surface area contributed by atoms with Crippen LogP contribution in [0.5, 0.6) is 11.5 Å². The molecule has 0 atom stereocenters. The zero-order chi connectivity index (χ0) is 26.2. The first-order chi connectivity index (χ1) is 16.9. The molecule has 0 N–H and O–H groups in total. The molecule has 12 heteroatoms. The topological polar surface area (TPSA) is 46.2 Å². The van der Waals surface area contributed by atoms with E-state index in [1.165, 1.54) is 12.1 Å². The van der Waals surface area contributed by atoms with Gasteiger partial charge < -0.3 is 23.7 Å². The molecule has 36 heavy (non-hydrogen) atoms. The zero-order valence-corrected chi connectivity index (χ0v) is 18.8. The highest BCUT2D eigenvalue weighted by Gasteiger charge is 2.53. The lowest BCUT2D eigenvalue weighted by molar-refractivity contribution is -0.480. The quantitative estimate of drug-likeness (QED) is 0.292. The fraction of sp³-hybridized carbons (Fsp3) is 0.417. The van der Waals surface area contributed by atoms with Gasteiger partial charge in [0.25, 0.3) is 0 Å². The van der Waals surface area contributed by atoms with Gasteiger partial charge in [0.2, 0.25) is 0 Å². The summed E-state index contributed by atoms with van der Waals surface area (Å²) in [6, 6.07) is 5.38. The van der Waals surface area contributed by atoms with Crippen molar-refractivity contribution in [1.29, 1.82) is 0 Å². The SMILES string of the molecule is CCCC12COC(c3ccc(C(F)(F)Oc4cc(F)c(O/C=C/C(F)(F)F)c(F)c4)cc3)(OC1)OC2. The highest BCUT2D eigenvalue weighted by atomic mass is 19.4. The number of fused-ring (bicyclic) bond motifs is 3.